The number of nitrogens with zero attached hydrogens (tertiary/aromatic N) is 1. The van der Waals surface area contributed by atoms with Crippen LogP contribution in [0.4, 0.5) is 17.1 Å². The number of hydrogen-bond acceptors (Lipinski definition) is 3. The molecule has 13 aromatic rings. The van der Waals surface area contributed by atoms with E-state index < -0.39 is 0 Å². The maximum Gasteiger partial charge on any atom is 0.143 e. The zero-order valence-corrected chi connectivity index (χ0v) is 35.3. The third kappa shape index (κ3) is 6.12. The number of anilines is 3. The van der Waals surface area contributed by atoms with E-state index in [-0.39, 0.29) is 0 Å². The fraction of sp³-hybridized carbons (Fsp3) is 0. The summed E-state index contributed by atoms with van der Waals surface area (Å²) in [6.45, 7) is 0. The van der Waals surface area contributed by atoms with Gasteiger partial charge in [0.2, 0.25) is 0 Å². The molecular weight excluding hydrogens is 791 g/mol. The second-order valence-electron chi connectivity index (χ2n) is 16.8. The number of benzene rings is 11. The molecule has 0 aliphatic rings. The summed E-state index contributed by atoms with van der Waals surface area (Å²) in [5.41, 5.74) is 15.6. The number of furan rings is 2. The lowest BCUT2D eigenvalue weighted by Gasteiger charge is -2.30. The molecule has 0 aliphatic heterocycles. The van der Waals surface area contributed by atoms with Gasteiger partial charge in [0.15, 0.2) is 0 Å². The maximum absolute atomic E-state index is 6.75. The minimum Gasteiger partial charge on any atom is -0.455 e. The van der Waals surface area contributed by atoms with E-state index in [0.717, 1.165) is 116 Å². The fourth-order valence-electron chi connectivity index (χ4n) is 9.97. The third-order valence-electron chi connectivity index (χ3n) is 13.1. The van der Waals surface area contributed by atoms with Gasteiger partial charge in [0.25, 0.3) is 0 Å². The van der Waals surface area contributed by atoms with E-state index >= 15 is 0 Å². The minimum absolute atomic E-state index is 0.864. The van der Waals surface area contributed by atoms with Crippen molar-refractivity contribution in [3.8, 4) is 44.5 Å². The van der Waals surface area contributed by atoms with E-state index in [1.807, 2.05) is 12.1 Å². The average molecular weight is 830 g/mol. The van der Waals surface area contributed by atoms with Crippen LogP contribution in [0.5, 0.6) is 0 Å². The van der Waals surface area contributed by atoms with Crippen molar-refractivity contribution < 1.29 is 8.83 Å². The lowest BCUT2D eigenvalue weighted by Crippen LogP contribution is -2.12. The molecule has 2 aromatic heterocycles. The van der Waals surface area contributed by atoms with Crippen LogP contribution in [-0.4, -0.2) is 0 Å². The predicted octanol–water partition coefficient (Wildman–Crippen LogP) is 17.9. The van der Waals surface area contributed by atoms with E-state index in [1.165, 1.54) is 10.8 Å². The molecule has 3 heteroatoms. The van der Waals surface area contributed by atoms with Crippen molar-refractivity contribution in [2.75, 3.05) is 4.90 Å². The van der Waals surface area contributed by atoms with Crippen LogP contribution in [-0.2, 0) is 0 Å². The van der Waals surface area contributed by atoms with Gasteiger partial charge in [0, 0.05) is 49.3 Å². The summed E-state index contributed by atoms with van der Waals surface area (Å²) in [4.78, 5) is 2.45. The standard InChI is InChI=1S/C62H39NO2/c1-2-15-41(16-3-1)48-36-33-46(45-29-28-40-14-4-5-18-44(40)38-45)39-57(48)63(47-34-30-43(31-35-47)50-22-12-24-54-52-21-9-11-26-58(52)64-61(50)54)56-25-10-8-20-51(56)53-23-13-27-59-60(53)55-37-32-42-17-6-7-19-49(42)62(55)65-59/h1-39H. The SMILES string of the molecule is c1ccc(-c2ccc(-c3ccc4ccccc4c3)cc2N(c2ccc(-c3cccc4c3oc3ccccc34)cc2)c2ccccc2-c2cccc3oc4c5ccccc5ccc4c23)cc1. The maximum atomic E-state index is 6.75. The molecule has 0 bridgehead atoms. The lowest BCUT2D eigenvalue weighted by atomic mass is 9.93. The van der Waals surface area contributed by atoms with Gasteiger partial charge in [-0.25, -0.2) is 0 Å². The predicted molar refractivity (Wildman–Crippen MR) is 272 cm³/mol. The second kappa shape index (κ2) is 15.0. The molecule has 304 valence electrons. The Hall–Kier alpha value is -8.66. The number of hydrogen-bond donors (Lipinski definition) is 0. The Kier molecular flexibility index (Phi) is 8.53. The lowest BCUT2D eigenvalue weighted by molar-refractivity contribution is 0.670. The summed E-state index contributed by atoms with van der Waals surface area (Å²) in [6, 6.07) is 84.8. The highest BCUT2D eigenvalue weighted by Gasteiger charge is 2.24. The summed E-state index contributed by atoms with van der Waals surface area (Å²) in [5, 5.41) is 9.14. The topological polar surface area (TPSA) is 29.5 Å². The number of rotatable bonds is 7. The smallest absolute Gasteiger partial charge is 0.143 e. The zero-order valence-electron chi connectivity index (χ0n) is 35.3. The van der Waals surface area contributed by atoms with Crippen molar-refractivity contribution in [2.45, 2.75) is 0 Å². The molecule has 3 nitrogen and oxygen atoms in total. The molecule has 0 aliphatic carbocycles. The summed E-state index contributed by atoms with van der Waals surface area (Å²) >= 11 is 0. The monoisotopic (exact) mass is 829 g/mol. The summed E-state index contributed by atoms with van der Waals surface area (Å²) in [5.74, 6) is 0. The average Bonchev–Trinajstić information content (AvgIpc) is 3.96. The van der Waals surface area contributed by atoms with Crippen molar-refractivity contribution >= 4 is 82.5 Å². The highest BCUT2D eigenvalue weighted by molar-refractivity contribution is 6.20. The largest absolute Gasteiger partial charge is 0.455 e. The Labute approximate surface area is 375 Å². The quantitative estimate of drug-likeness (QED) is 0.160. The molecule has 65 heavy (non-hydrogen) atoms. The molecule has 0 unspecified atom stereocenters. The molecule has 0 saturated carbocycles. The van der Waals surface area contributed by atoms with Gasteiger partial charge in [-0.2, -0.15) is 0 Å². The van der Waals surface area contributed by atoms with Crippen LogP contribution in [0.3, 0.4) is 0 Å². The van der Waals surface area contributed by atoms with Crippen LogP contribution < -0.4 is 4.90 Å². The molecule has 13 rings (SSSR count). The minimum atomic E-state index is 0.864. The number of para-hydroxylation sites is 3. The van der Waals surface area contributed by atoms with Crippen LogP contribution in [0.1, 0.15) is 0 Å². The molecule has 0 radical (unpaired) electrons. The summed E-state index contributed by atoms with van der Waals surface area (Å²) in [7, 11) is 0. The van der Waals surface area contributed by atoms with E-state index in [2.05, 4.69) is 229 Å². The highest BCUT2D eigenvalue weighted by Crippen LogP contribution is 2.49. The van der Waals surface area contributed by atoms with Gasteiger partial charge in [-0.15, -0.1) is 0 Å². The molecule has 0 amide bonds. The van der Waals surface area contributed by atoms with E-state index in [9.17, 15) is 0 Å². The van der Waals surface area contributed by atoms with E-state index in [1.54, 1.807) is 0 Å². The summed E-state index contributed by atoms with van der Waals surface area (Å²) in [6.07, 6.45) is 0. The fourth-order valence-corrected chi connectivity index (χ4v) is 9.97. The van der Waals surface area contributed by atoms with Gasteiger partial charge in [-0.3, -0.25) is 0 Å². The molecule has 0 saturated heterocycles. The Balaban J connectivity index is 1.06. The van der Waals surface area contributed by atoms with Crippen LogP contribution >= 0.6 is 0 Å². The van der Waals surface area contributed by atoms with Crippen LogP contribution in [0.2, 0.25) is 0 Å². The Morgan fingerprint density at radius 3 is 1.77 bits per heavy atom. The molecular formula is C62H39NO2. The van der Waals surface area contributed by atoms with E-state index in [0.29, 0.717) is 0 Å². The van der Waals surface area contributed by atoms with Crippen molar-refractivity contribution in [3.63, 3.8) is 0 Å². The number of fused-ring (bicyclic) bond motifs is 9. The van der Waals surface area contributed by atoms with Gasteiger partial charge in [0.1, 0.15) is 22.3 Å². The van der Waals surface area contributed by atoms with Gasteiger partial charge >= 0.3 is 0 Å². The second-order valence-corrected chi connectivity index (χ2v) is 16.8. The van der Waals surface area contributed by atoms with Crippen molar-refractivity contribution in [1.82, 2.24) is 0 Å². The molecule has 11 aromatic carbocycles. The molecule has 0 atom stereocenters. The van der Waals surface area contributed by atoms with Gasteiger partial charge in [-0.05, 0) is 92.5 Å². The molecule has 0 fully saturated rings. The Morgan fingerprint density at radius 1 is 0.277 bits per heavy atom. The molecule has 2 heterocycles. The first-order valence-electron chi connectivity index (χ1n) is 22.2. The van der Waals surface area contributed by atoms with Gasteiger partial charge < -0.3 is 13.7 Å². The highest BCUT2D eigenvalue weighted by atomic mass is 16.3. The zero-order chi connectivity index (χ0) is 42.8. The first-order valence-corrected chi connectivity index (χ1v) is 22.2. The summed E-state index contributed by atoms with van der Waals surface area (Å²) < 4.78 is 13.3. The first kappa shape index (κ1) is 36.9. The van der Waals surface area contributed by atoms with Crippen LogP contribution in [0.15, 0.2) is 245 Å². The molecule has 0 spiro atoms. The third-order valence-corrected chi connectivity index (χ3v) is 13.1. The van der Waals surface area contributed by atoms with Gasteiger partial charge in [-0.1, -0.05) is 188 Å². The van der Waals surface area contributed by atoms with Crippen molar-refractivity contribution in [2.24, 2.45) is 0 Å². The van der Waals surface area contributed by atoms with E-state index in [4.69, 9.17) is 8.83 Å². The van der Waals surface area contributed by atoms with Gasteiger partial charge in [0.05, 0.1) is 11.4 Å². The molecule has 0 N–H and O–H groups in total. The normalized spacial score (nSPS) is 11.7. The Bertz CT molecular complexity index is 3950. The van der Waals surface area contributed by atoms with Crippen LogP contribution in [0, 0.1) is 0 Å². The Morgan fingerprint density at radius 2 is 0.877 bits per heavy atom. The first-order chi connectivity index (χ1) is 32.2. The van der Waals surface area contributed by atoms with Crippen molar-refractivity contribution in [1.29, 1.82) is 0 Å². The van der Waals surface area contributed by atoms with Crippen molar-refractivity contribution in [3.05, 3.63) is 237 Å². The van der Waals surface area contributed by atoms with Crippen LogP contribution in [0.25, 0.3) is 110 Å².